The van der Waals surface area contributed by atoms with E-state index in [2.05, 4.69) is 0 Å². The van der Waals surface area contributed by atoms with E-state index >= 15 is 0 Å². The molecule has 0 atom stereocenters. The van der Waals surface area contributed by atoms with Gasteiger partial charge in [-0.2, -0.15) is 0 Å². The third-order valence-corrected chi connectivity index (χ3v) is 0. The molecule has 0 aromatic rings. The molecule has 78 valence electrons. The predicted octanol–water partition coefficient (Wildman–Crippen LogP) is -5.69. The van der Waals surface area contributed by atoms with Crippen molar-refractivity contribution in [1.29, 1.82) is 0 Å². The van der Waals surface area contributed by atoms with Crippen molar-refractivity contribution in [3.05, 3.63) is 0 Å². The Morgan fingerprint density at radius 1 is 0.364 bits per heavy atom. The van der Waals surface area contributed by atoms with E-state index in [1.54, 1.807) is 0 Å². The Balaban J connectivity index is 0. The van der Waals surface area contributed by atoms with Crippen molar-refractivity contribution in [3.8, 4) is 0 Å². The Hall–Kier alpha value is 2.26. The first-order chi connectivity index (χ1) is 0. The average molecular weight is 555 g/mol. The molecule has 0 bridgehead atoms. The van der Waals surface area contributed by atoms with E-state index in [1.165, 1.54) is 0 Å². The standard InChI is InChI=1S/Ca.8H2O.2Re/h;8*1H2;;/q+2;;;;;;;;;;/p-2. The fourth-order valence-electron chi connectivity index (χ4n) is 0. The van der Waals surface area contributed by atoms with Crippen molar-refractivity contribution in [2.75, 3.05) is 0 Å². The quantitative estimate of drug-likeness (QED) is 0.265. The summed E-state index contributed by atoms with van der Waals surface area (Å²) in [5, 5.41) is 0. The maximum atomic E-state index is 0. The molecule has 11 heteroatoms. The SMILES string of the molecule is O.O.O.O.O.O.[Ca+2].[OH-].[OH-].[Re].[Re]. The monoisotopic (exact) mass is 556 g/mol. The van der Waals surface area contributed by atoms with Crippen molar-refractivity contribution < 1.29 is 84.7 Å². The zero-order valence-electron chi connectivity index (χ0n) is 5.36. The topological polar surface area (TPSA) is 249 Å². The molecule has 0 unspecified atom stereocenters. The van der Waals surface area contributed by atoms with Crippen molar-refractivity contribution >= 4 is 37.7 Å². The molecule has 8 nitrogen and oxygen atoms in total. The summed E-state index contributed by atoms with van der Waals surface area (Å²) in [7, 11) is 0. The Labute approximate surface area is 121 Å². The first-order valence-electron chi connectivity index (χ1n) is 0. The molecular weight excluding hydrogens is 540 g/mol. The Kier molecular flexibility index (Phi) is 10700. The molecular formula is H14CaO8Re2. The van der Waals surface area contributed by atoms with Crippen molar-refractivity contribution in [1.82, 2.24) is 0 Å². The summed E-state index contributed by atoms with van der Waals surface area (Å²) < 4.78 is 0. The van der Waals surface area contributed by atoms with E-state index in [0.29, 0.717) is 0 Å². The fraction of sp³-hybridized carbons (Fsp3) is 0. The van der Waals surface area contributed by atoms with Crippen LogP contribution in [0.25, 0.3) is 0 Å². The van der Waals surface area contributed by atoms with Gasteiger partial charge < -0.3 is 43.8 Å². The molecule has 0 rings (SSSR count). The van der Waals surface area contributed by atoms with E-state index < -0.39 is 0 Å². The summed E-state index contributed by atoms with van der Waals surface area (Å²) in [6, 6.07) is 0. The number of hydrogen-bond acceptors (Lipinski definition) is 2. The van der Waals surface area contributed by atoms with E-state index in [4.69, 9.17) is 0 Å². The van der Waals surface area contributed by atoms with Crippen LogP contribution in [-0.4, -0.2) is 81.5 Å². The normalized spacial score (nSPS) is 0. The molecule has 0 aromatic carbocycles. The minimum atomic E-state index is 0. The Morgan fingerprint density at radius 3 is 0.364 bits per heavy atom. The molecule has 0 aliphatic rings. The van der Waals surface area contributed by atoms with Gasteiger partial charge >= 0.3 is 37.7 Å². The van der Waals surface area contributed by atoms with E-state index in [-0.39, 0.29) is 122 Å². The van der Waals surface area contributed by atoms with Gasteiger partial charge in [0.15, 0.2) is 0 Å². The summed E-state index contributed by atoms with van der Waals surface area (Å²) in [4.78, 5) is 0. The van der Waals surface area contributed by atoms with Gasteiger partial charge in [-0.25, -0.2) is 0 Å². The van der Waals surface area contributed by atoms with E-state index in [9.17, 15) is 0 Å². The van der Waals surface area contributed by atoms with Gasteiger partial charge in [0, 0.05) is 40.8 Å². The van der Waals surface area contributed by atoms with Crippen LogP contribution in [0, 0.1) is 0 Å². The van der Waals surface area contributed by atoms with Gasteiger partial charge in [-0.15, -0.1) is 0 Å². The molecule has 0 amide bonds. The van der Waals surface area contributed by atoms with Crippen molar-refractivity contribution in [3.63, 3.8) is 0 Å². The van der Waals surface area contributed by atoms with Gasteiger partial charge in [-0.1, -0.05) is 0 Å². The second kappa shape index (κ2) is 303. The van der Waals surface area contributed by atoms with Crippen LogP contribution in [0.4, 0.5) is 0 Å². The van der Waals surface area contributed by atoms with Crippen LogP contribution in [-0.2, 0) is 40.8 Å². The van der Waals surface area contributed by atoms with Gasteiger partial charge in [0.25, 0.3) is 0 Å². The van der Waals surface area contributed by atoms with E-state index in [0.717, 1.165) is 0 Å². The number of rotatable bonds is 0. The first kappa shape index (κ1) is 389. The molecule has 0 fully saturated rings. The summed E-state index contributed by atoms with van der Waals surface area (Å²) >= 11 is 0. The van der Waals surface area contributed by atoms with Gasteiger partial charge in [0.2, 0.25) is 0 Å². The predicted molar refractivity (Wildman–Crippen MR) is 31.3 cm³/mol. The van der Waals surface area contributed by atoms with Crippen LogP contribution in [0.5, 0.6) is 0 Å². The summed E-state index contributed by atoms with van der Waals surface area (Å²) in [6.07, 6.45) is 0. The first-order valence-corrected chi connectivity index (χ1v) is 0. The smallest absolute Gasteiger partial charge is 0.870 e. The zero-order chi connectivity index (χ0) is 0. The molecule has 0 aliphatic heterocycles. The molecule has 11 heavy (non-hydrogen) atoms. The molecule has 2 radical (unpaired) electrons. The van der Waals surface area contributed by atoms with Gasteiger partial charge in [-0.05, 0) is 0 Å². The van der Waals surface area contributed by atoms with Crippen LogP contribution in [0.15, 0.2) is 0 Å². The van der Waals surface area contributed by atoms with Crippen molar-refractivity contribution in [2.24, 2.45) is 0 Å². The molecule has 0 saturated carbocycles. The largest absolute Gasteiger partial charge is 2.00 e. The minimum Gasteiger partial charge on any atom is -0.870 e. The molecule has 0 heterocycles. The molecule has 0 aromatic heterocycles. The van der Waals surface area contributed by atoms with E-state index in [1.807, 2.05) is 0 Å². The Bertz CT molecular complexity index is 12.1. The van der Waals surface area contributed by atoms with Gasteiger partial charge in [-0.3, -0.25) is 0 Å². The molecule has 0 aliphatic carbocycles. The maximum Gasteiger partial charge on any atom is 2.00 e. The fourth-order valence-corrected chi connectivity index (χ4v) is 0. The Morgan fingerprint density at radius 2 is 0.364 bits per heavy atom. The zero-order valence-corrected chi connectivity index (χ0v) is 13.0. The van der Waals surface area contributed by atoms with Crippen LogP contribution >= 0.6 is 0 Å². The maximum absolute atomic E-state index is 0. The molecule has 0 saturated heterocycles. The van der Waals surface area contributed by atoms with Gasteiger partial charge in [0.05, 0.1) is 0 Å². The second-order valence-corrected chi connectivity index (χ2v) is 0. The third-order valence-electron chi connectivity index (χ3n) is 0. The third kappa shape index (κ3) is 252. The molecule has 14 N–H and O–H groups in total. The van der Waals surface area contributed by atoms with Gasteiger partial charge in [0.1, 0.15) is 0 Å². The minimum absolute atomic E-state index is 0. The van der Waals surface area contributed by atoms with Crippen LogP contribution < -0.4 is 0 Å². The van der Waals surface area contributed by atoms with Crippen LogP contribution in [0.3, 0.4) is 0 Å². The van der Waals surface area contributed by atoms with Crippen LogP contribution in [0.2, 0.25) is 0 Å². The number of hydrogen-bond donors (Lipinski definition) is 0. The second-order valence-electron chi connectivity index (χ2n) is 0. The molecule has 0 spiro atoms. The summed E-state index contributed by atoms with van der Waals surface area (Å²) in [5.74, 6) is 0. The summed E-state index contributed by atoms with van der Waals surface area (Å²) in [6.45, 7) is 0. The van der Waals surface area contributed by atoms with Crippen LogP contribution in [0.1, 0.15) is 0 Å². The average Bonchev–Trinajstić information content (AvgIpc) is 0. The van der Waals surface area contributed by atoms with Crippen molar-refractivity contribution in [2.45, 2.75) is 0 Å². The summed E-state index contributed by atoms with van der Waals surface area (Å²) in [5.41, 5.74) is 0.